The number of nitrogens with one attached hydrogen (secondary N) is 1. The number of piperidine rings is 1. The second-order valence-electron chi connectivity index (χ2n) is 12.1. The first kappa shape index (κ1) is 30.6. The minimum absolute atomic E-state index is 0.0711. The number of ether oxygens (including phenoxy) is 2. The van der Waals surface area contributed by atoms with E-state index in [1.165, 1.54) is 17.8 Å². The molecule has 13 nitrogen and oxygen atoms in total. The molecule has 0 spiro atoms. The van der Waals surface area contributed by atoms with E-state index in [1.54, 1.807) is 38.6 Å². The Hall–Kier alpha value is -5.46. The van der Waals surface area contributed by atoms with Crippen molar-refractivity contribution < 1.29 is 19.1 Å². The largest absolute Gasteiger partial charge is 0.474 e. The molecule has 0 unspecified atom stereocenters. The van der Waals surface area contributed by atoms with E-state index in [1.807, 2.05) is 51.1 Å². The highest BCUT2D eigenvalue weighted by atomic mass is 16.6. The van der Waals surface area contributed by atoms with E-state index in [-0.39, 0.29) is 36.2 Å². The second-order valence-corrected chi connectivity index (χ2v) is 12.1. The van der Waals surface area contributed by atoms with Crippen LogP contribution in [0.5, 0.6) is 5.88 Å². The van der Waals surface area contributed by atoms with Crippen molar-refractivity contribution in [2.24, 2.45) is 0 Å². The first-order valence-corrected chi connectivity index (χ1v) is 15.1. The van der Waals surface area contributed by atoms with Crippen molar-refractivity contribution >= 4 is 45.6 Å². The van der Waals surface area contributed by atoms with Crippen LogP contribution in [0.3, 0.4) is 0 Å². The third kappa shape index (κ3) is 6.21. The van der Waals surface area contributed by atoms with Gasteiger partial charge < -0.3 is 19.7 Å². The van der Waals surface area contributed by atoms with Gasteiger partial charge in [-0.1, -0.05) is 12.1 Å². The molecule has 1 saturated heterocycles. The van der Waals surface area contributed by atoms with Crippen molar-refractivity contribution in [1.82, 2.24) is 33.8 Å². The molecular weight excluding hydrogens is 588 g/mol. The van der Waals surface area contributed by atoms with Gasteiger partial charge in [0.1, 0.15) is 17.1 Å². The molecular formula is C33H36N8O5. The Labute approximate surface area is 265 Å². The van der Waals surface area contributed by atoms with Crippen molar-refractivity contribution in [3.63, 3.8) is 0 Å². The van der Waals surface area contributed by atoms with E-state index >= 15 is 0 Å². The lowest BCUT2D eigenvalue weighted by atomic mass is 10.1. The van der Waals surface area contributed by atoms with Gasteiger partial charge in [-0.2, -0.15) is 9.97 Å². The topological polar surface area (TPSA) is 138 Å². The van der Waals surface area contributed by atoms with Gasteiger partial charge in [0.25, 0.3) is 5.56 Å². The average molecular weight is 625 g/mol. The maximum absolute atomic E-state index is 13.4. The van der Waals surface area contributed by atoms with E-state index in [0.717, 1.165) is 16.6 Å². The number of pyridine rings is 1. The highest BCUT2D eigenvalue weighted by Crippen LogP contribution is 2.25. The first-order chi connectivity index (χ1) is 22.0. The maximum atomic E-state index is 13.4. The number of carbonyl (C=O) groups is 2. The van der Waals surface area contributed by atoms with Gasteiger partial charge in [-0.25, -0.2) is 19.1 Å². The predicted octanol–water partition coefficient (Wildman–Crippen LogP) is 5.30. The summed E-state index contributed by atoms with van der Waals surface area (Å²) in [6.07, 6.45) is 5.66. The molecule has 1 N–H and O–H groups in total. The molecule has 46 heavy (non-hydrogen) atoms. The number of benzene rings is 1. The van der Waals surface area contributed by atoms with Gasteiger partial charge in [0.05, 0.1) is 12.1 Å². The summed E-state index contributed by atoms with van der Waals surface area (Å²) in [4.78, 5) is 53.3. The Kier molecular flexibility index (Phi) is 8.07. The number of rotatable bonds is 7. The lowest BCUT2D eigenvalue weighted by molar-refractivity contribution is 0.0123. The second kappa shape index (κ2) is 12.1. The molecule has 0 aliphatic carbocycles. The first-order valence-electron chi connectivity index (χ1n) is 15.1. The summed E-state index contributed by atoms with van der Waals surface area (Å²) < 4.78 is 16.5. The van der Waals surface area contributed by atoms with Crippen LogP contribution in [-0.2, 0) is 11.3 Å². The van der Waals surface area contributed by atoms with Crippen LogP contribution >= 0.6 is 0 Å². The fourth-order valence-corrected chi connectivity index (χ4v) is 5.47. The molecule has 4 aromatic heterocycles. The van der Waals surface area contributed by atoms with Crippen LogP contribution in [0.25, 0.3) is 27.8 Å². The lowest BCUT2D eigenvalue weighted by Crippen LogP contribution is -2.44. The van der Waals surface area contributed by atoms with Crippen LogP contribution in [0.1, 0.15) is 45.3 Å². The zero-order valence-electron chi connectivity index (χ0n) is 26.3. The van der Waals surface area contributed by atoms with Crippen LogP contribution in [0.4, 0.5) is 16.4 Å². The number of hydrogen-bond donors (Lipinski definition) is 1. The Morgan fingerprint density at radius 2 is 1.89 bits per heavy atom. The summed E-state index contributed by atoms with van der Waals surface area (Å²) in [5.74, 6) is 1.05. The third-order valence-corrected chi connectivity index (χ3v) is 7.57. The standard InChI is InChI=1S/C33H36N8O5/c1-6-15-40-30(43)25-20-34-31(35-23-10-11-26-22(19-23)12-18-39(26)21(2)42)37-29(25)41(40)27-8-7-9-28(36-27)45-24-13-16-38(17-14-24)32(44)46-33(3,4)5/h6-12,18-20,24H,1,13-17H2,2-5H3,(H,34,35,37). The van der Waals surface area contributed by atoms with Gasteiger partial charge in [0, 0.05) is 62.4 Å². The Bertz CT molecular complexity index is 2010. The molecule has 5 aromatic rings. The fourth-order valence-electron chi connectivity index (χ4n) is 5.47. The Morgan fingerprint density at radius 1 is 1.11 bits per heavy atom. The molecule has 238 valence electrons. The highest BCUT2D eigenvalue weighted by molar-refractivity contribution is 5.93. The monoisotopic (exact) mass is 624 g/mol. The van der Waals surface area contributed by atoms with Crippen molar-refractivity contribution in [3.8, 4) is 11.7 Å². The molecule has 0 bridgehead atoms. The average Bonchev–Trinajstić information content (AvgIpc) is 3.55. The van der Waals surface area contributed by atoms with Crippen LogP contribution < -0.4 is 15.6 Å². The third-order valence-electron chi connectivity index (χ3n) is 7.57. The van der Waals surface area contributed by atoms with Gasteiger partial charge in [-0.05, 0) is 51.1 Å². The van der Waals surface area contributed by atoms with Gasteiger partial charge >= 0.3 is 6.09 Å². The summed E-state index contributed by atoms with van der Waals surface area (Å²) in [5.41, 5.74) is 1.05. The Balaban J connectivity index is 1.26. The van der Waals surface area contributed by atoms with Gasteiger partial charge in [0.15, 0.2) is 11.5 Å². The predicted molar refractivity (Wildman–Crippen MR) is 174 cm³/mol. The zero-order valence-corrected chi connectivity index (χ0v) is 26.3. The summed E-state index contributed by atoms with van der Waals surface area (Å²) >= 11 is 0. The van der Waals surface area contributed by atoms with Crippen molar-refractivity contribution in [2.75, 3.05) is 18.4 Å². The molecule has 13 heteroatoms. The quantitative estimate of drug-likeness (QED) is 0.239. The summed E-state index contributed by atoms with van der Waals surface area (Å²) in [6.45, 7) is 12.1. The Morgan fingerprint density at radius 3 is 2.61 bits per heavy atom. The van der Waals surface area contributed by atoms with Crippen LogP contribution in [0.2, 0.25) is 0 Å². The fraction of sp³-hybridized carbons (Fsp3) is 0.333. The van der Waals surface area contributed by atoms with E-state index < -0.39 is 5.60 Å². The SMILES string of the molecule is C=CCn1c(=O)c2cnc(Nc3ccc4c(ccn4C(C)=O)c3)nc2n1-c1cccc(OC2CCN(C(=O)OC(C)(C)C)CC2)n1. The summed E-state index contributed by atoms with van der Waals surface area (Å²) in [7, 11) is 0. The number of nitrogens with zero attached hydrogens (tertiary/aromatic N) is 7. The number of amides is 1. The number of hydrogen-bond acceptors (Lipinski definition) is 9. The number of anilines is 2. The normalized spacial score (nSPS) is 14.0. The van der Waals surface area contributed by atoms with Gasteiger partial charge in [-0.15, -0.1) is 6.58 Å². The number of aromatic nitrogens is 6. The van der Waals surface area contributed by atoms with E-state index in [0.29, 0.717) is 48.7 Å². The summed E-state index contributed by atoms with van der Waals surface area (Å²) in [5, 5.41) is 4.42. The molecule has 5 heterocycles. The number of fused-ring (bicyclic) bond motifs is 2. The molecule has 1 aromatic carbocycles. The van der Waals surface area contributed by atoms with Crippen LogP contribution in [-0.4, -0.2) is 70.6 Å². The van der Waals surface area contributed by atoms with Gasteiger partial charge in [0.2, 0.25) is 17.7 Å². The lowest BCUT2D eigenvalue weighted by Gasteiger charge is -2.33. The summed E-state index contributed by atoms with van der Waals surface area (Å²) in [6, 6.07) is 12.8. The van der Waals surface area contributed by atoms with Crippen molar-refractivity contribution in [2.45, 2.75) is 58.8 Å². The molecule has 6 rings (SSSR count). The van der Waals surface area contributed by atoms with Gasteiger partial charge in [-0.3, -0.25) is 14.2 Å². The molecule has 0 radical (unpaired) electrons. The molecule has 1 aliphatic rings. The van der Waals surface area contributed by atoms with Crippen molar-refractivity contribution in [3.05, 3.63) is 77.9 Å². The van der Waals surface area contributed by atoms with Crippen LogP contribution in [0.15, 0.2) is 72.3 Å². The minimum atomic E-state index is -0.551. The molecule has 1 amide bonds. The van der Waals surface area contributed by atoms with Crippen LogP contribution in [0, 0.1) is 0 Å². The molecule has 0 saturated carbocycles. The minimum Gasteiger partial charge on any atom is -0.474 e. The molecule has 1 aliphatic heterocycles. The molecule has 0 atom stereocenters. The smallest absolute Gasteiger partial charge is 0.410 e. The number of carbonyl (C=O) groups excluding carboxylic acids is 2. The maximum Gasteiger partial charge on any atom is 0.410 e. The zero-order chi connectivity index (χ0) is 32.6. The number of allylic oxidation sites excluding steroid dienone is 1. The number of likely N-dealkylation sites (tertiary alicyclic amines) is 1. The van der Waals surface area contributed by atoms with E-state index in [9.17, 15) is 14.4 Å². The van der Waals surface area contributed by atoms with E-state index in [2.05, 4.69) is 16.9 Å². The highest BCUT2D eigenvalue weighted by Gasteiger charge is 2.28. The molecule has 1 fully saturated rings. The van der Waals surface area contributed by atoms with Crippen molar-refractivity contribution in [1.29, 1.82) is 0 Å². The van der Waals surface area contributed by atoms with E-state index in [4.69, 9.17) is 19.4 Å².